The van der Waals surface area contributed by atoms with E-state index in [1.54, 1.807) is 29.8 Å². The van der Waals surface area contributed by atoms with Crippen LogP contribution < -0.4 is 9.96 Å². The average molecular weight is 535 g/mol. The minimum Gasteiger partial charge on any atom is -0.340 e. The van der Waals surface area contributed by atoms with Crippen molar-refractivity contribution >= 4 is 17.7 Å². The predicted molar refractivity (Wildman–Crippen MR) is 145 cm³/mol. The first-order chi connectivity index (χ1) is 18.6. The van der Waals surface area contributed by atoms with Crippen LogP contribution in [-0.4, -0.2) is 76.1 Å². The molecule has 39 heavy (non-hydrogen) atoms. The second kappa shape index (κ2) is 9.62. The number of hydrogen-bond donors (Lipinski definition) is 1. The number of ether oxygens (including phenoxy) is 1. The molecular formula is C29H35FN6O3. The molecule has 1 N–H and O–H groups in total. The van der Waals surface area contributed by atoms with E-state index in [0.29, 0.717) is 24.6 Å². The Bertz CT molecular complexity index is 1380. The molecule has 6 rings (SSSR count). The van der Waals surface area contributed by atoms with Gasteiger partial charge in [-0.25, -0.2) is 9.45 Å². The molecule has 9 nitrogen and oxygen atoms in total. The fourth-order valence-electron chi connectivity index (χ4n) is 5.42. The lowest BCUT2D eigenvalue weighted by atomic mass is 9.87. The Hall–Kier alpha value is -3.47. The molecule has 1 amide bonds. The first kappa shape index (κ1) is 25.8. The van der Waals surface area contributed by atoms with E-state index in [9.17, 15) is 14.4 Å². The number of benzene rings is 2. The first-order valence-electron chi connectivity index (χ1n) is 13.4. The van der Waals surface area contributed by atoms with Gasteiger partial charge >= 0.3 is 0 Å². The van der Waals surface area contributed by atoms with Crippen molar-refractivity contribution in [2.24, 2.45) is 0 Å². The van der Waals surface area contributed by atoms with Crippen molar-refractivity contribution in [3.05, 3.63) is 76.7 Å². The maximum atomic E-state index is 14.7. The zero-order valence-electron chi connectivity index (χ0n) is 22.8. The van der Waals surface area contributed by atoms with E-state index in [0.717, 1.165) is 24.7 Å². The van der Waals surface area contributed by atoms with Crippen LogP contribution in [-0.2, 0) is 23.2 Å². The van der Waals surface area contributed by atoms with E-state index in [1.807, 2.05) is 0 Å². The lowest BCUT2D eigenvalue weighted by Crippen LogP contribution is -2.47. The molecule has 0 aliphatic carbocycles. The molecule has 0 saturated carbocycles. The quantitative estimate of drug-likeness (QED) is 0.501. The lowest BCUT2D eigenvalue weighted by molar-refractivity contribution is 0.0713. The molecule has 206 valence electrons. The molecule has 0 spiro atoms. The number of carbonyl (C=O) groups excluding carboxylic acids is 1. The number of imidazole rings is 1. The van der Waals surface area contributed by atoms with Gasteiger partial charge in [-0.1, -0.05) is 63.2 Å². The van der Waals surface area contributed by atoms with Gasteiger partial charge in [-0.15, -0.1) is 0 Å². The number of piperazine rings is 1. The SMILES string of the molecule is CN1C(=O)c2c(nc(N3CCN(Cc4ccc(C(C)(C)C)cc4)CC3)n2Cc2ccccc2F)N(O)C2OC21. The highest BCUT2D eigenvalue weighted by atomic mass is 19.1. The van der Waals surface area contributed by atoms with Crippen LogP contribution in [0.4, 0.5) is 16.2 Å². The smallest absolute Gasteiger partial charge is 0.276 e. The molecule has 2 fully saturated rings. The van der Waals surface area contributed by atoms with E-state index in [-0.39, 0.29) is 35.2 Å². The minimum absolute atomic E-state index is 0.119. The largest absolute Gasteiger partial charge is 0.340 e. The third-order valence-electron chi connectivity index (χ3n) is 7.91. The molecule has 10 heteroatoms. The molecule has 4 heterocycles. The summed E-state index contributed by atoms with van der Waals surface area (Å²) in [6.07, 6.45) is -1.20. The summed E-state index contributed by atoms with van der Waals surface area (Å²) in [5.41, 5.74) is 3.39. The summed E-state index contributed by atoms with van der Waals surface area (Å²) >= 11 is 0. The molecule has 1 aromatic heterocycles. The maximum Gasteiger partial charge on any atom is 0.276 e. The highest BCUT2D eigenvalue weighted by molar-refractivity contribution is 5.99. The van der Waals surface area contributed by atoms with Gasteiger partial charge in [0.05, 0.1) is 6.54 Å². The van der Waals surface area contributed by atoms with Crippen molar-refractivity contribution in [3.8, 4) is 0 Å². The van der Waals surface area contributed by atoms with E-state index in [2.05, 4.69) is 54.8 Å². The Kier molecular flexibility index (Phi) is 6.36. The number of epoxide rings is 1. The first-order valence-corrected chi connectivity index (χ1v) is 13.4. The van der Waals surface area contributed by atoms with Gasteiger partial charge in [-0.2, -0.15) is 4.98 Å². The van der Waals surface area contributed by atoms with Crippen molar-refractivity contribution < 1.29 is 19.1 Å². The predicted octanol–water partition coefficient (Wildman–Crippen LogP) is 3.65. The summed E-state index contributed by atoms with van der Waals surface area (Å²) in [7, 11) is 1.64. The number of anilines is 2. The zero-order chi connectivity index (χ0) is 27.5. The average Bonchev–Trinajstić information content (AvgIpc) is 3.64. The normalized spacial score (nSPS) is 21.6. The summed E-state index contributed by atoms with van der Waals surface area (Å²) in [5, 5.41) is 11.8. The molecule has 0 radical (unpaired) electrons. The van der Waals surface area contributed by atoms with Gasteiger partial charge in [0.15, 0.2) is 17.7 Å². The third kappa shape index (κ3) is 4.77. The van der Waals surface area contributed by atoms with E-state index in [4.69, 9.17) is 9.72 Å². The van der Waals surface area contributed by atoms with Crippen molar-refractivity contribution in [2.75, 3.05) is 43.2 Å². The van der Waals surface area contributed by atoms with Crippen LogP contribution in [0.1, 0.15) is 48.0 Å². The van der Waals surface area contributed by atoms with Crippen LogP contribution in [0.15, 0.2) is 48.5 Å². The fraction of sp³-hybridized carbons (Fsp3) is 0.448. The number of likely N-dealkylation sites (N-methyl/N-ethyl adjacent to an activating group) is 1. The maximum absolute atomic E-state index is 14.7. The Morgan fingerprint density at radius 1 is 1.00 bits per heavy atom. The highest BCUT2D eigenvalue weighted by Crippen LogP contribution is 2.40. The van der Waals surface area contributed by atoms with Crippen LogP contribution >= 0.6 is 0 Å². The number of hydrogen-bond acceptors (Lipinski definition) is 7. The van der Waals surface area contributed by atoms with Crippen LogP contribution in [0.25, 0.3) is 0 Å². The van der Waals surface area contributed by atoms with Crippen molar-refractivity contribution in [1.82, 2.24) is 19.4 Å². The molecule has 3 aromatic rings. The van der Waals surface area contributed by atoms with Crippen LogP contribution in [0.2, 0.25) is 0 Å². The Labute approximate surface area is 228 Å². The van der Waals surface area contributed by atoms with Gasteiger partial charge in [0.2, 0.25) is 12.2 Å². The Morgan fingerprint density at radius 3 is 2.36 bits per heavy atom. The Morgan fingerprint density at radius 2 is 1.69 bits per heavy atom. The number of hydroxylamine groups is 1. The number of nitrogens with zero attached hydrogens (tertiary/aromatic N) is 6. The summed E-state index contributed by atoms with van der Waals surface area (Å²) in [4.78, 5) is 24.2. The molecule has 2 saturated heterocycles. The number of fused-ring (bicyclic) bond motifs is 2. The monoisotopic (exact) mass is 534 g/mol. The summed E-state index contributed by atoms with van der Waals surface area (Å²) in [5.74, 6) is 0.0121. The molecular weight excluding hydrogens is 499 g/mol. The van der Waals surface area contributed by atoms with Crippen molar-refractivity contribution in [1.29, 1.82) is 0 Å². The number of aromatic nitrogens is 2. The van der Waals surface area contributed by atoms with Gasteiger partial charge in [0, 0.05) is 45.3 Å². The molecule has 2 unspecified atom stereocenters. The Balaban J connectivity index is 1.25. The zero-order valence-corrected chi connectivity index (χ0v) is 22.8. The molecule has 0 bridgehead atoms. The molecule has 3 aliphatic heterocycles. The van der Waals surface area contributed by atoms with Gasteiger partial charge in [-0.05, 0) is 22.6 Å². The lowest BCUT2D eigenvalue weighted by Gasteiger charge is -2.35. The van der Waals surface area contributed by atoms with E-state index < -0.39 is 12.5 Å². The third-order valence-corrected chi connectivity index (χ3v) is 7.91. The summed E-state index contributed by atoms with van der Waals surface area (Å²) in [6, 6.07) is 15.4. The minimum atomic E-state index is -0.661. The molecule has 3 aliphatic rings. The molecule has 2 aromatic carbocycles. The van der Waals surface area contributed by atoms with Gasteiger partial charge in [0.25, 0.3) is 5.91 Å². The standard InChI is InChI=1S/C29H35FN6O3/c1-29(2,3)21-11-9-19(10-12-21)17-33-13-15-34(16-14-33)28-31-24-23(25(37)32(4)26-27(39-26)36(24)38)35(28)18-20-7-5-6-8-22(20)30/h5-12,26-27,38H,13-18H2,1-4H3. The van der Waals surface area contributed by atoms with Crippen LogP contribution in [0, 0.1) is 5.82 Å². The van der Waals surface area contributed by atoms with E-state index in [1.165, 1.54) is 22.1 Å². The highest BCUT2D eigenvalue weighted by Gasteiger charge is 2.54. The number of halogens is 1. The van der Waals surface area contributed by atoms with Gasteiger partial charge in [-0.3, -0.25) is 19.5 Å². The number of rotatable bonds is 5. The second-order valence-electron chi connectivity index (χ2n) is 11.6. The summed E-state index contributed by atoms with van der Waals surface area (Å²) in [6.45, 7) is 10.6. The second-order valence-corrected chi connectivity index (χ2v) is 11.6. The van der Waals surface area contributed by atoms with Crippen molar-refractivity contribution in [3.63, 3.8) is 0 Å². The van der Waals surface area contributed by atoms with Crippen LogP contribution in [0.5, 0.6) is 0 Å². The van der Waals surface area contributed by atoms with Crippen LogP contribution in [0.3, 0.4) is 0 Å². The number of carbonyl (C=O) groups is 1. The number of amides is 1. The molecule has 2 atom stereocenters. The van der Waals surface area contributed by atoms with Crippen molar-refractivity contribution in [2.45, 2.75) is 51.7 Å². The van der Waals surface area contributed by atoms with Gasteiger partial charge < -0.3 is 14.5 Å². The fourth-order valence-corrected chi connectivity index (χ4v) is 5.42. The summed E-state index contributed by atoms with van der Waals surface area (Å²) < 4.78 is 21.9. The topological polar surface area (TPSA) is 80.6 Å². The van der Waals surface area contributed by atoms with Gasteiger partial charge in [0.1, 0.15) is 5.82 Å². The van der Waals surface area contributed by atoms with E-state index >= 15 is 0 Å².